The number of aromatic nitrogens is 2. The van der Waals surface area contributed by atoms with E-state index in [0.29, 0.717) is 19.6 Å². The normalized spacial score (nSPS) is 14.7. The summed E-state index contributed by atoms with van der Waals surface area (Å²) >= 11 is 0. The Kier molecular flexibility index (Phi) is 8.62. The molecule has 1 unspecified atom stereocenters. The van der Waals surface area contributed by atoms with Gasteiger partial charge in [-0.1, -0.05) is 60.7 Å². The lowest BCUT2D eigenvalue weighted by molar-refractivity contribution is -0.144. The fourth-order valence-corrected chi connectivity index (χ4v) is 4.46. The number of amides is 2. The molecule has 4 rings (SSSR count). The third-order valence-corrected chi connectivity index (χ3v) is 6.54. The number of anilines is 1. The average Bonchev–Trinajstić information content (AvgIpc) is 3.19. The minimum absolute atomic E-state index is 0.0177. The summed E-state index contributed by atoms with van der Waals surface area (Å²) in [5.74, 6) is 0.542. The number of benzene rings is 2. The zero-order chi connectivity index (χ0) is 25.3. The van der Waals surface area contributed by atoms with Crippen LogP contribution in [0.3, 0.4) is 0 Å². The van der Waals surface area contributed by atoms with Gasteiger partial charge in [0.05, 0.1) is 11.7 Å². The lowest BCUT2D eigenvalue weighted by Gasteiger charge is -2.31. The van der Waals surface area contributed by atoms with Crippen molar-refractivity contribution in [1.82, 2.24) is 20.0 Å². The monoisotopic (exact) mass is 487 g/mol. The molecule has 1 aliphatic heterocycles. The van der Waals surface area contributed by atoms with Gasteiger partial charge in [-0.3, -0.25) is 9.59 Å². The van der Waals surface area contributed by atoms with Gasteiger partial charge in [0.15, 0.2) is 5.82 Å². The first-order valence-corrected chi connectivity index (χ1v) is 12.3. The second-order valence-corrected chi connectivity index (χ2v) is 8.91. The van der Waals surface area contributed by atoms with Crippen LogP contribution in [0.1, 0.15) is 24.9 Å². The van der Waals surface area contributed by atoms with Crippen LogP contribution in [0.15, 0.2) is 72.8 Å². The maximum absolute atomic E-state index is 13.3. The fourth-order valence-electron chi connectivity index (χ4n) is 4.46. The number of nitrogens with zero attached hydrogens (tertiary/aromatic N) is 5. The molecule has 2 amide bonds. The Bertz CT molecular complexity index is 1120. The van der Waals surface area contributed by atoms with Gasteiger partial charge in [0.25, 0.3) is 0 Å². The Morgan fingerprint density at radius 2 is 1.64 bits per heavy atom. The van der Waals surface area contributed by atoms with Crippen molar-refractivity contribution in [3.05, 3.63) is 78.4 Å². The van der Waals surface area contributed by atoms with Gasteiger partial charge in [0, 0.05) is 38.9 Å². The zero-order valence-electron chi connectivity index (χ0n) is 20.9. The van der Waals surface area contributed by atoms with Crippen LogP contribution in [0.25, 0.3) is 11.3 Å². The highest BCUT2D eigenvalue weighted by molar-refractivity contribution is 5.85. The lowest BCUT2D eigenvalue weighted by Crippen LogP contribution is -2.46. The summed E-state index contributed by atoms with van der Waals surface area (Å²) < 4.78 is 5.08. The van der Waals surface area contributed by atoms with Gasteiger partial charge in [-0.05, 0) is 31.0 Å². The SMILES string of the molecule is COCC(=O)N(CC(=O)N1CCCN(c2ccc(-c3ccccc3)nn2)CC1)C(C)c1ccccc1. The van der Waals surface area contributed by atoms with Gasteiger partial charge in [0.1, 0.15) is 13.2 Å². The summed E-state index contributed by atoms with van der Waals surface area (Å²) in [6, 6.07) is 23.4. The molecule has 2 aromatic carbocycles. The number of methoxy groups -OCH3 is 1. The zero-order valence-corrected chi connectivity index (χ0v) is 20.9. The van der Waals surface area contributed by atoms with Crippen LogP contribution < -0.4 is 4.90 Å². The number of carbonyl (C=O) groups excluding carboxylic acids is 2. The van der Waals surface area contributed by atoms with Crippen LogP contribution in [0.4, 0.5) is 5.82 Å². The summed E-state index contributed by atoms with van der Waals surface area (Å²) in [7, 11) is 1.49. The number of rotatable bonds is 8. The summed E-state index contributed by atoms with van der Waals surface area (Å²) in [5.41, 5.74) is 2.84. The van der Waals surface area contributed by atoms with Crippen molar-refractivity contribution in [2.24, 2.45) is 0 Å². The molecule has 8 heteroatoms. The van der Waals surface area contributed by atoms with Crippen LogP contribution in [0, 0.1) is 0 Å². The molecular weight excluding hydrogens is 454 g/mol. The average molecular weight is 488 g/mol. The van der Waals surface area contributed by atoms with E-state index in [2.05, 4.69) is 15.1 Å². The number of hydrogen-bond acceptors (Lipinski definition) is 6. The van der Waals surface area contributed by atoms with Gasteiger partial charge < -0.3 is 19.4 Å². The van der Waals surface area contributed by atoms with Gasteiger partial charge in [-0.25, -0.2) is 0 Å². The van der Waals surface area contributed by atoms with Gasteiger partial charge in [0.2, 0.25) is 11.8 Å². The molecule has 0 saturated carbocycles. The fraction of sp³-hybridized carbons (Fsp3) is 0.357. The van der Waals surface area contributed by atoms with Crippen LogP contribution in [0.5, 0.6) is 0 Å². The molecule has 0 aliphatic carbocycles. The third kappa shape index (κ3) is 6.26. The number of hydrogen-bond donors (Lipinski definition) is 0. The van der Waals surface area contributed by atoms with Crippen LogP contribution >= 0.6 is 0 Å². The smallest absolute Gasteiger partial charge is 0.249 e. The van der Waals surface area contributed by atoms with Gasteiger partial charge >= 0.3 is 0 Å². The molecule has 1 aliphatic rings. The molecule has 0 bridgehead atoms. The molecule has 8 nitrogen and oxygen atoms in total. The van der Waals surface area contributed by atoms with Crippen LogP contribution in [-0.4, -0.2) is 78.3 Å². The lowest BCUT2D eigenvalue weighted by atomic mass is 10.1. The molecule has 0 radical (unpaired) electrons. The standard InChI is InChI=1S/C28H33N5O3/c1-22(23-10-5-3-6-11-23)33(28(35)21-36-2)20-27(34)32-17-9-16-31(18-19-32)26-15-14-25(29-30-26)24-12-7-4-8-13-24/h3-8,10-15,22H,9,16-21H2,1-2H3. The Morgan fingerprint density at radius 3 is 2.31 bits per heavy atom. The summed E-state index contributed by atoms with van der Waals surface area (Å²) in [6.45, 7) is 4.54. The summed E-state index contributed by atoms with van der Waals surface area (Å²) in [5, 5.41) is 8.85. The van der Waals surface area contributed by atoms with E-state index in [-0.39, 0.29) is 31.0 Å². The van der Waals surface area contributed by atoms with Crippen molar-refractivity contribution in [2.75, 3.05) is 51.3 Å². The number of ether oxygens (including phenoxy) is 1. The molecule has 1 atom stereocenters. The highest BCUT2D eigenvalue weighted by atomic mass is 16.5. The predicted molar refractivity (Wildman–Crippen MR) is 139 cm³/mol. The Hall–Kier alpha value is -3.78. The molecule has 36 heavy (non-hydrogen) atoms. The van der Waals surface area contributed by atoms with Crippen molar-refractivity contribution in [3.8, 4) is 11.3 Å². The minimum atomic E-state index is -0.236. The van der Waals surface area contributed by atoms with Gasteiger partial charge in [-0.2, -0.15) is 0 Å². The molecule has 3 aromatic rings. The van der Waals surface area contributed by atoms with Crippen molar-refractivity contribution < 1.29 is 14.3 Å². The molecule has 0 spiro atoms. The molecule has 188 valence electrons. The topological polar surface area (TPSA) is 78.9 Å². The highest BCUT2D eigenvalue weighted by Gasteiger charge is 2.27. The van der Waals surface area contributed by atoms with Crippen molar-refractivity contribution >= 4 is 17.6 Å². The van der Waals surface area contributed by atoms with E-state index in [1.807, 2.05) is 84.6 Å². The largest absolute Gasteiger partial charge is 0.375 e. The van der Waals surface area contributed by atoms with Crippen molar-refractivity contribution in [3.63, 3.8) is 0 Å². The van der Waals surface area contributed by atoms with Crippen LogP contribution in [-0.2, 0) is 14.3 Å². The summed E-state index contributed by atoms with van der Waals surface area (Å²) in [4.78, 5) is 31.7. The van der Waals surface area contributed by atoms with E-state index in [1.165, 1.54) is 7.11 Å². The molecular formula is C28H33N5O3. The quantitative estimate of drug-likeness (QED) is 0.485. The first-order chi connectivity index (χ1) is 17.6. The number of carbonyl (C=O) groups is 2. The Morgan fingerprint density at radius 1 is 0.917 bits per heavy atom. The third-order valence-electron chi connectivity index (χ3n) is 6.54. The highest BCUT2D eigenvalue weighted by Crippen LogP contribution is 2.22. The predicted octanol–water partition coefficient (Wildman–Crippen LogP) is 3.42. The maximum Gasteiger partial charge on any atom is 0.249 e. The second-order valence-electron chi connectivity index (χ2n) is 8.91. The maximum atomic E-state index is 13.3. The van der Waals surface area contributed by atoms with E-state index < -0.39 is 0 Å². The molecule has 2 heterocycles. The van der Waals surface area contributed by atoms with E-state index >= 15 is 0 Å². The second kappa shape index (κ2) is 12.3. The van der Waals surface area contributed by atoms with Crippen molar-refractivity contribution in [2.45, 2.75) is 19.4 Å². The van der Waals surface area contributed by atoms with E-state index in [9.17, 15) is 9.59 Å². The van der Waals surface area contributed by atoms with E-state index in [4.69, 9.17) is 4.74 Å². The Labute approximate surface area is 212 Å². The summed E-state index contributed by atoms with van der Waals surface area (Å²) in [6.07, 6.45) is 0.814. The Balaban J connectivity index is 1.39. The molecule has 1 saturated heterocycles. The van der Waals surface area contributed by atoms with Gasteiger partial charge in [-0.15, -0.1) is 10.2 Å². The molecule has 1 aromatic heterocycles. The van der Waals surface area contributed by atoms with Crippen molar-refractivity contribution in [1.29, 1.82) is 0 Å². The minimum Gasteiger partial charge on any atom is -0.375 e. The van der Waals surface area contributed by atoms with E-state index in [0.717, 1.165) is 35.6 Å². The first kappa shape index (κ1) is 25.3. The van der Waals surface area contributed by atoms with Crippen LogP contribution in [0.2, 0.25) is 0 Å². The molecule has 0 N–H and O–H groups in total. The molecule has 1 fully saturated rings. The van der Waals surface area contributed by atoms with E-state index in [1.54, 1.807) is 4.90 Å². The first-order valence-electron chi connectivity index (χ1n) is 12.3.